The van der Waals surface area contributed by atoms with Gasteiger partial charge in [0.1, 0.15) is 35.1 Å². The number of carboxylic acids is 1. The first kappa shape index (κ1) is 57.6. The van der Waals surface area contributed by atoms with E-state index in [1.807, 2.05) is 84.9 Å². The molecule has 2 aliphatic heterocycles. The summed E-state index contributed by atoms with van der Waals surface area (Å²) < 4.78 is 10.8. The van der Waals surface area contributed by atoms with Gasteiger partial charge in [-0.1, -0.05) is 97.1 Å². The number of amides is 5. The van der Waals surface area contributed by atoms with Crippen LogP contribution in [0.2, 0.25) is 0 Å². The number of nitrogens with two attached hydrogens (primary N) is 1. The number of anilines is 1. The van der Waals surface area contributed by atoms with Crippen molar-refractivity contribution in [3.8, 4) is 0 Å². The number of carbonyl (C=O) groups excluding carboxylic acids is 6. The lowest BCUT2D eigenvalue weighted by molar-refractivity contribution is -0.142. The fourth-order valence-electron chi connectivity index (χ4n) is 9.07. The number of nitrogens with one attached hydrogen (secondary N) is 3. The molecule has 3 aliphatic rings. The highest BCUT2D eigenvalue weighted by Gasteiger charge is 2.43. The quantitative estimate of drug-likeness (QED) is 0.0905. The maximum absolute atomic E-state index is 12.7. The summed E-state index contributed by atoms with van der Waals surface area (Å²) in [7, 11) is 0. The van der Waals surface area contributed by atoms with Gasteiger partial charge in [0.25, 0.3) is 0 Å². The Morgan fingerprint density at radius 1 is 0.635 bits per heavy atom. The molecule has 74 heavy (non-hydrogen) atoms. The molecule has 1 aliphatic carbocycles. The molecule has 3 aromatic carbocycles. The molecule has 0 radical (unpaired) electrons. The number of hydrogen-bond acceptors (Lipinski definition) is 11. The monoisotopic (exact) mass is 1020 g/mol. The van der Waals surface area contributed by atoms with Crippen molar-refractivity contribution in [2.24, 2.45) is 5.92 Å². The second kappa shape index (κ2) is 26.1. The molecule has 0 spiro atoms. The maximum Gasteiger partial charge on any atom is 0.411 e. The topological polar surface area (TPSA) is 240 Å². The Bertz CT molecular complexity index is 2520. The number of rotatable bonds is 12. The van der Waals surface area contributed by atoms with Gasteiger partial charge >= 0.3 is 18.2 Å². The first-order valence-electron chi connectivity index (χ1n) is 25.3. The van der Waals surface area contributed by atoms with Crippen LogP contribution in [0.25, 0.3) is 0 Å². The molecular weight excluding hydrogens is 943 g/mol. The molecule has 0 unspecified atom stereocenters. The van der Waals surface area contributed by atoms with E-state index in [-0.39, 0.29) is 41.3 Å². The van der Waals surface area contributed by atoms with Crippen LogP contribution in [0.4, 0.5) is 15.4 Å². The lowest BCUT2D eigenvalue weighted by atomic mass is 9.96. The molecule has 1 aromatic heterocycles. The number of hydrogen-bond donors (Lipinski definition) is 5. The number of ether oxygens (including phenoxy) is 2. The van der Waals surface area contributed by atoms with E-state index in [1.165, 1.54) is 22.3 Å². The van der Waals surface area contributed by atoms with Gasteiger partial charge in [-0.2, -0.15) is 0 Å². The van der Waals surface area contributed by atoms with E-state index in [0.29, 0.717) is 44.2 Å². The fourth-order valence-corrected chi connectivity index (χ4v) is 9.07. The minimum absolute atomic E-state index is 0.0276. The van der Waals surface area contributed by atoms with Crippen molar-refractivity contribution < 1.29 is 48.1 Å². The Labute approximate surface area is 435 Å². The van der Waals surface area contributed by atoms with E-state index in [4.69, 9.17) is 15.2 Å². The molecule has 3 fully saturated rings. The van der Waals surface area contributed by atoms with Gasteiger partial charge in [0.2, 0.25) is 17.7 Å². The number of carbonyl (C=O) groups is 7. The van der Waals surface area contributed by atoms with E-state index < -0.39 is 53.5 Å². The highest BCUT2D eigenvalue weighted by molar-refractivity contribution is 5.91. The molecular formula is C57H75N7O10. The highest BCUT2D eigenvalue weighted by Crippen LogP contribution is 2.39. The summed E-state index contributed by atoms with van der Waals surface area (Å²) in [5, 5.41) is 17.7. The SMILES string of the molecule is CC(=O)[C@H](C)NC(=O)[C@H]1C[C@@H](c2ccccc2)CN1C(=O)OC(C)(C)C.CC(C)(C)OC(=O)N1C[C@H](c2ccccc2)C[C@@H]1C(=O)O.C[C@H](NC(=O)[C@@H]1CC[C@H](c2ccccc2)C1)C(=O)NCc1ccc(N)nc1. The van der Waals surface area contributed by atoms with E-state index in [2.05, 4.69) is 33.1 Å². The molecule has 17 nitrogen and oxygen atoms in total. The van der Waals surface area contributed by atoms with Gasteiger partial charge in [0, 0.05) is 43.6 Å². The number of aliphatic carboxylic acids is 1. The second-order valence-electron chi connectivity index (χ2n) is 21.3. The lowest BCUT2D eigenvalue weighted by Crippen LogP contribution is -2.50. The number of pyridine rings is 1. The molecule has 5 amide bonds. The molecule has 0 bridgehead atoms. The standard InChI is InChI=1S/C21H26N4O2.C20H28N2O4.C16H21NO4/c1-14(20(26)24-13-15-7-10-19(22)23-12-15)25-21(27)18-9-8-17(11-18)16-5-3-2-4-6-16;1-13(14(2)23)21-18(24)17-11-16(15-9-7-6-8-10-15)12-22(17)19(25)26-20(3,4)5;1-16(2,3)21-15(20)17-10-12(9-13(17)14(18)19)11-7-5-4-6-8-11/h2-7,10,12,14,17-18H,8-9,11,13H2,1H3,(H2,22,23)(H,24,26)(H,25,27);6-10,13,16-17H,11-12H2,1-5H3,(H,21,24);4-8,12-13H,9-10H2,1-3H3,(H,18,19)/t14-,17-,18+;13-,16+,17+;12-,13-/m001/s1. The van der Waals surface area contributed by atoms with Crippen LogP contribution < -0.4 is 21.7 Å². The predicted molar refractivity (Wildman–Crippen MR) is 282 cm³/mol. The summed E-state index contributed by atoms with van der Waals surface area (Å²) >= 11 is 0. The van der Waals surface area contributed by atoms with Gasteiger partial charge in [0.05, 0.1) is 6.04 Å². The average Bonchev–Trinajstić information content (AvgIpc) is 4.15. The molecule has 4 aromatic rings. The number of likely N-dealkylation sites (tertiary alicyclic amines) is 2. The smallest absolute Gasteiger partial charge is 0.411 e. The van der Waals surface area contributed by atoms with E-state index in [1.54, 1.807) is 67.7 Å². The molecule has 6 N–H and O–H groups in total. The van der Waals surface area contributed by atoms with Crippen LogP contribution in [0.5, 0.6) is 0 Å². The van der Waals surface area contributed by atoms with Gasteiger partial charge < -0.3 is 36.3 Å². The molecule has 7 rings (SSSR count). The summed E-state index contributed by atoms with van der Waals surface area (Å²) in [6.07, 6.45) is 4.17. The zero-order valence-electron chi connectivity index (χ0n) is 44.2. The van der Waals surface area contributed by atoms with Gasteiger partial charge in [-0.25, -0.2) is 19.4 Å². The van der Waals surface area contributed by atoms with Crippen LogP contribution >= 0.6 is 0 Å². The van der Waals surface area contributed by atoms with Gasteiger partial charge in [0.15, 0.2) is 5.78 Å². The largest absolute Gasteiger partial charge is 0.480 e. The summed E-state index contributed by atoms with van der Waals surface area (Å²) in [5.74, 6) is -0.780. The normalized spacial score (nSPS) is 21.0. The second-order valence-corrected chi connectivity index (χ2v) is 21.3. The zero-order chi connectivity index (χ0) is 54.3. The van der Waals surface area contributed by atoms with Crippen molar-refractivity contribution in [3.05, 3.63) is 132 Å². The molecule has 8 atom stereocenters. The number of Topliss-reactive ketones (excluding diaryl/α,β-unsaturated/α-hetero) is 1. The number of nitrogens with zero attached hydrogens (tertiary/aromatic N) is 3. The van der Waals surface area contributed by atoms with Crippen LogP contribution in [0.3, 0.4) is 0 Å². The van der Waals surface area contributed by atoms with Crippen LogP contribution in [-0.4, -0.2) is 110 Å². The zero-order valence-corrected chi connectivity index (χ0v) is 44.2. The molecule has 398 valence electrons. The number of nitrogen functional groups attached to an aromatic ring is 1. The summed E-state index contributed by atoms with van der Waals surface area (Å²) in [4.78, 5) is 92.0. The number of aromatic nitrogens is 1. The Kier molecular flexibility index (Phi) is 20.3. The summed E-state index contributed by atoms with van der Waals surface area (Å²) in [5.41, 5.74) is 8.55. The Morgan fingerprint density at radius 2 is 1.09 bits per heavy atom. The van der Waals surface area contributed by atoms with Crippen LogP contribution in [0.15, 0.2) is 109 Å². The van der Waals surface area contributed by atoms with Gasteiger partial charge in [-0.3, -0.25) is 29.0 Å². The molecule has 2 saturated heterocycles. The van der Waals surface area contributed by atoms with E-state index in [9.17, 15) is 38.7 Å². The summed E-state index contributed by atoms with van der Waals surface area (Å²) in [6, 6.07) is 30.7. The first-order chi connectivity index (χ1) is 34.9. The van der Waals surface area contributed by atoms with Crippen molar-refractivity contribution in [2.75, 3.05) is 18.8 Å². The van der Waals surface area contributed by atoms with Crippen molar-refractivity contribution in [1.29, 1.82) is 0 Å². The molecule has 1 saturated carbocycles. The van der Waals surface area contributed by atoms with Gasteiger partial charge in [-0.15, -0.1) is 0 Å². The highest BCUT2D eigenvalue weighted by atomic mass is 16.6. The third-order valence-electron chi connectivity index (χ3n) is 13.1. The van der Waals surface area contributed by atoms with Gasteiger partial charge in [-0.05, 0) is 129 Å². The third kappa shape index (κ3) is 17.4. The number of ketones is 1. The van der Waals surface area contributed by atoms with Crippen molar-refractivity contribution in [2.45, 2.75) is 154 Å². The predicted octanol–water partition coefficient (Wildman–Crippen LogP) is 8.11. The van der Waals surface area contributed by atoms with Crippen LogP contribution in [-0.2, 0) is 40.0 Å². The van der Waals surface area contributed by atoms with E-state index in [0.717, 1.165) is 36.0 Å². The average molecular weight is 1020 g/mol. The Hall–Kier alpha value is -7.30. The first-order valence-corrected chi connectivity index (χ1v) is 25.3. The van der Waals surface area contributed by atoms with Crippen LogP contribution in [0, 0.1) is 5.92 Å². The maximum atomic E-state index is 12.7. The van der Waals surface area contributed by atoms with Crippen molar-refractivity contribution >= 4 is 47.5 Å². The van der Waals surface area contributed by atoms with Crippen molar-refractivity contribution in [3.63, 3.8) is 0 Å². The minimum atomic E-state index is -0.987. The molecule has 17 heteroatoms. The minimum Gasteiger partial charge on any atom is -0.480 e. The lowest BCUT2D eigenvalue weighted by Gasteiger charge is -2.28. The fraction of sp³-hybridized carbons (Fsp3) is 0.474. The Balaban J connectivity index is 0.000000207. The number of carboxylic acid groups (broad SMARTS) is 1. The number of benzene rings is 3. The third-order valence-corrected chi connectivity index (χ3v) is 13.1. The van der Waals surface area contributed by atoms with Crippen molar-refractivity contribution in [1.82, 2.24) is 30.7 Å². The molecule has 3 heterocycles. The van der Waals surface area contributed by atoms with E-state index >= 15 is 0 Å². The van der Waals surface area contributed by atoms with Crippen LogP contribution in [0.1, 0.15) is 134 Å². The Morgan fingerprint density at radius 3 is 1.54 bits per heavy atom. The summed E-state index contributed by atoms with van der Waals surface area (Å²) in [6.45, 7) is 16.6.